The Morgan fingerprint density at radius 1 is 1.53 bits per heavy atom. The fourth-order valence-corrected chi connectivity index (χ4v) is 1.47. The van der Waals surface area contributed by atoms with Crippen molar-refractivity contribution >= 4 is 17.5 Å². The van der Waals surface area contributed by atoms with Crippen LogP contribution in [0.1, 0.15) is 26.7 Å². The molecule has 0 aromatic carbocycles. The first-order valence-corrected chi connectivity index (χ1v) is 5.42. The molecular formula is C10H16ClN3O. The van der Waals surface area contributed by atoms with Gasteiger partial charge >= 0.3 is 0 Å². The molecule has 0 aliphatic heterocycles. The van der Waals surface area contributed by atoms with E-state index in [0.29, 0.717) is 23.6 Å². The summed E-state index contributed by atoms with van der Waals surface area (Å²) >= 11 is 5.72. The Morgan fingerprint density at radius 3 is 2.87 bits per heavy atom. The second-order valence-electron chi connectivity index (χ2n) is 3.59. The normalized spacial score (nSPS) is 12.5. The first-order valence-electron chi connectivity index (χ1n) is 5.04. The maximum absolute atomic E-state index is 5.72. The third-order valence-electron chi connectivity index (χ3n) is 1.99. The number of halogens is 1. The molecule has 0 bridgehead atoms. The largest absolute Gasteiger partial charge is 0.477 e. The average Bonchev–Trinajstić information content (AvgIpc) is 2.14. The first-order chi connectivity index (χ1) is 7.11. The Bertz CT molecular complexity index is 299. The molecule has 0 saturated carbocycles. The van der Waals surface area contributed by atoms with Crippen LogP contribution in [0.4, 0.5) is 5.95 Å². The van der Waals surface area contributed by atoms with Gasteiger partial charge in [-0.1, -0.05) is 31.9 Å². The molecule has 2 N–H and O–H groups in total. The van der Waals surface area contributed by atoms with E-state index in [0.717, 1.165) is 12.8 Å². The van der Waals surface area contributed by atoms with Gasteiger partial charge in [0, 0.05) is 6.07 Å². The van der Waals surface area contributed by atoms with Gasteiger partial charge < -0.3 is 10.5 Å². The van der Waals surface area contributed by atoms with Crippen molar-refractivity contribution in [2.45, 2.75) is 26.7 Å². The fraction of sp³-hybridized carbons (Fsp3) is 0.600. The lowest BCUT2D eigenvalue weighted by atomic mass is 10.1. The molecule has 0 saturated heterocycles. The average molecular weight is 230 g/mol. The van der Waals surface area contributed by atoms with Gasteiger partial charge in [-0.25, -0.2) is 4.98 Å². The highest BCUT2D eigenvalue weighted by Gasteiger charge is 2.05. The number of hydrogen-bond donors (Lipinski definition) is 1. The molecule has 1 aromatic rings. The summed E-state index contributed by atoms with van der Waals surface area (Å²) in [5.74, 6) is 1.08. The zero-order valence-corrected chi connectivity index (χ0v) is 9.79. The SMILES string of the molecule is CCCC(C)COc1cc(Cl)nc(N)n1. The lowest BCUT2D eigenvalue weighted by Crippen LogP contribution is -2.09. The number of rotatable bonds is 5. The van der Waals surface area contributed by atoms with E-state index >= 15 is 0 Å². The Labute approximate surface area is 94.8 Å². The molecule has 84 valence electrons. The van der Waals surface area contributed by atoms with Crippen LogP contribution in [0.15, 0.2) is 6.07 Å². The standard InChI is InChI=1S/C10H16ClN3O/c1-3-4-7(2)6-15-9-5-8(11)13-10(12)14-9/h5,7H,3-4,6H2,1-2H3,(H2,12,13,14). The smallest absolute Gasteiger partial charge is 0.224 e. The fourth-order valence-electron chi connectivity index (χ4n) is 1.29. The molecule has 0 aliphatic carbocycles. The lowest BCUT2D eigenvalue weighted by Gasteiger charge is -2.11. The van der Waals surface area contributed by atoms with Crippen LogP contribution in [0.25, 0.3) is 0 Å². The number of nitrogens with zero attached hydrogens (tertiary/aromatic N) is 2. The Balaban J connectivity index is 2.50. The van der Waals surface area contributed by atoms with Crippen LogP contribution in [-0.2, 0) is 0 Å². The van der Waals surface area contributed by atoms with E-state index in [1.807, 2.05) is 0 Å². The monoisotopic (exact) mass is 229 g/mol. The molecule has 0 aliphatic rings. The van der Waals surface area contributed by atoms with Crippen molar-refractivity contribution in [3.05, 3.63) is 11.2 Å². The minimum absolute atomic E-state index is 0.139. The predicted molar refractivity (Wildman–Crippen MR) is 61.0 cm³/mol. The third kappa shape index (κ3) is 4.34. The minimum Gasteiger partial charge on any atom is -0.477 e. The van der Waals surface area contributed by atoms with E-state index in [1.165, 1.54) is 0 Å². The molecule has 1 atom stereocenters. The van der Waals surface area contributed by atoms with Gasteiger partial charge in [0.2, 0.25) is 11.8 Å². The van der Waals surface area contributed by atoms with Crippen LogP contribution in [0.2, 0.25) is 5.15 Å². The Kier molecular flexibility index (Phi) is 4.62. The van der Waals surface area contributed by atoms with Crippen molar-refractivity contribution in [1.29, 1.82) is 0 Å². The summed E-state index contributed by atoms with van der Waals surface area (Å²) in [7, 11) is 0. The maximum atomic E-state index is 5.72. The number of nitrogen functional groups attached to an aromatic ring is 1. The van der Waals surface area contributed by atoms with Gasteiger partial charge in [0.15, 0.2) is 0 Å². The van der Waals surface area contributed by atoms with Gasteiger partial charge in [0.05, 0.1) is 6.61 Å². The summed E-state index contributed by atoms with van der Waals surface area (Å²) in [5, 5.41) is 0.306. The second-order valence-corrected chi connectivity index (χ2v) is 3.98. The number of hydrogen-bond acceptors (Lipinski definition) is 4. The van der Waals surface area contributed by atoms with Crippen molar-refractivity contribution in [2.24, 2.45) is 5.92 Å². The molecule has 1 heterocycles. The van der Waals surface area contributed by atoms with E-state index < -0.39 is 0 Å². The van der Waals surface area contributed by atoms with Crippen LogP contribution < -0.4 is 10.5 Å². The highest BCUT2D eigenvalue weighted by Crippen LogP contribution is 2.16. The van der Waals surface area contributed by atoms with Crippen LogP contribution in [0.3, 0.4) is 0 Å². The van der Waals surface area contributed by atoms with Crippen molar-refractivity contribution in [1.82, 2.24) is 9.97 Å². The summed E-state index contributed by atoms with van der Waals surface area (Å²) in [5.41, 5.74) is 5.44. The van der Waals surface area contributed by atoms with Crippen LogP contribution in [0.5, 0.6) is 5.88 Å². The number of nitrogens with two attached hydrogens (primary N) is 1. The van der Waals surface area contributed by atoms with E-state index in [4.69, 9.17) is 22.1 Å². The molecule has 1 aromatic heterocycles. The molecular weight excluding hydrogens is 214 g/mol. The first kappa shape index (κ1) is 12.0. The zero-order chi connectivity index (χ0) is 11.3. The highest BCUT2D eigenvalue weighted by atomic mass is 35.5. The minimum atomic E-state index is 0.139. The van der Waals surface area contributed by atoms with Gasteiger partial charge in [-0.2, -0.15) is 4.98 Å². The molecule has 1 rings (SSSR count). The van der Waals surface area contributed by atoms with E-state index in [-0.39, 0.29) is 5.95 Å². The zero-order valence-electron chi connectivity index (χ0n) is 9.03. The van der Waals surface area contributed by atoms with Crippen LogP contribution in [-0.4, -0.2) is 16.6 Å². The van der Waals surface area contributed by atoms with Crippen molar-refractivity contribution in [2.75, 3.05) is 12.3 Å². The molecule has 0 fully saturated rings. The molecule has 0 amide bonds. The molecule has 1 unspecified atom stereocenters. The van der Waals surface area contributed by atoms with Crippen molar-refractivity contribution < 1.29 is 4.74 Å². The number of aromatic nitrogens is 2. The van der Waals surface area contributed by atoms with E-state index in [2.05, 4.69) is 23.8 Å². The molecule has 15 heavy (non-hydrogen) atoms. The highest BCUT2D eigenvalue weighted by molar-refractivity contribution is 6.29. The summed E-state index contributed by atoms with van der Waals surface area (Å²) < 4.78 is 5.47. The number of ether oxygens (including phenoxy) is 1. The number of anilines is 1. The van der Waals surface area contributed by atoms with E-state index in [1.54, 1.807) is 6.07 Å². The van der Waals surface area contributed by atoms with Crippen LogP contribution in [0, 0.1) is 5.92 Å². The van der Waals surface area contributed by atoms with Crippen molar-refractivity contribution in [3.8, 4) is 5.88 Å². The predicted octanol–water partition coefficient (Wildman–Crippen LogP) is 2.53. The van der Waals surface area contributed by atoms with Crippen LogP contribution >= 0.6 is 11.6 Å². The molecule has 5 heteroatoms. The van der Waals surface area contributed by atoms with Gasteiger partial charge in [0.1, 0.15) is 5.15 Å². The third-order valence-corrected chi connectivity index (χ3v) is 2.18. The van der Waals surface area contributed by atoms with Gasteiger partial charge in [-0.15, -0.1) is 0 Å². The van der Waals surface area contributed by atoms with Gasteiger partial charge in [0.25, 0.3) is 0 Å². The van der Waals surface area contributed by atoms with Crippen molar-refractivity contribution in [3.63, 3.8) is 0 Å². The maximum Gasteiger partial charge on any atom is 0.224 e. The second kappa shape index (κ2) is 5.75. The van der Waals surface area contributed by atoms with E-state index in [9.17, 15) is 0 Å². The topological polar surface area (TPSA) is 61.0 Å². The molecule has 4 nitrogen and oxygen atoms in total. The lowest BCUT2D eigenvalue weighted by molar-refractivity contribution is 0.243. The Morgan fingerprint density at radius 2 is 2.27 bits per heavy atom. The summed E-state index contributed by atoms with van der Waals surface area (Å²) in [6, 6.07) is 1.57. The quantitative estimate of drug-likeness (QED) is 0.789. The molecule has 0 radical (unpaired) electrons. The molecule has 0 spiro atoms. The summed E-state index contributed by atoms with van der Waals surface area (Å²) in [6.45, 7) is 4.91. The van der Waals surface area contributed by atoms with Gasteiger partial charge in [-0.3, -0.25) is 0 Å². The Hall–Kier alpha value is -1.03. The summed E-state index contributed by atoms with van der Waals surface area (Å²) in [4.78, 5) is 7.68. The van der Waals surface area contributed by atoms with Gasteiger partial charge in [-0.05, 0) is 12.3 Å². The summed E-state index contributed by atoms with van der Waals surface area (Å²) in [6.07, 6.45) is 2.28.